The molecule has 6 heteroatoms. The second-order valence-electron chi connectivity index (χ2n) is 4.60. The number of hydrogen-bond acceptors (Lipinski definition) is 4. The lowest BCUT2D eigenvalue weighted by molar-refractivity contribution is -0.122. The van der Waals surface area contributed by atoms with Gasteiger partial charge in [-0.25, -0.2) is 4.39 Å². The van der Waals surface area contributed by atoms with Crippen LogP contribution in [0.15, 0.2) is 12.1 Å². The van der Waals surface area contributed by atoms with Crippen molar-refractivity contribution in [2.75, 3.05) is 18.2 Å². The molecule has 0 aliphatic rings. The van der Waals surface area contributed by atoms with Crippen molar-refractivity contribution in [1.29, 1.82) is 0 Å². The van der Waals surface area contributed by atoms with Crippen molar-refractivity contribution < 1.29 is 13.9 Å². The van der Waals surface area contributed by atoms with Gasteiger partial charge < -0.3 is 21.1 Å². The summed E-state index contributed by atoms with van der Waals surface area (Å²) in [6.07, 6.45) is 0. The first kappa shape index (κ1) is 15.1. The number of rotatable bonds is 5. The van der Waals surface area contributed by atoms with E-state index in [9.17, 15) is 9.18 Å². The highest BCUT2D eigenvalue weighted by atomic mass is 19.1. The molecular formula is C13H20FN3O2. The molecule has 19 heavy (non-hydrogen) atoms. The van der Waals surface area contributed by atoms with Gasteiger partial charge in [0.2, 0.25) is 5.91 Å². The third kappa shape index (κ3) is 4.01. The molecule has 1 rings (SSSR count). The smallest absolute Gasteiger partial charge is 0.242 e. The third-order valence-electron chi connectivity index (χ3n) is 2.52. The zero-order valence-corrected chi connectivity index (χ0v) is 11.6. The summed E-state index contributed by atoms with van der Waals surface area (Å²) in [4.78, 5) is 11.7. The van der Waals surface area contributed by atoms with E-state index < -0.39 is 11.9 Å². The van der Waals surface area contributed by atoms with Crippen LogP contribution in [0.3, 0.4) is 0 Å². The molecule has 0 fully saturated rings. The van der Waals surface area contributed by atoms with E-state index in [0.29, 0.717) is 5.75 Å². The molecule has 0 heterocycles. The molecule has 0 spiro atoms. The van der Waals surface area contributed by atoms with Crippen molar-refractivity contribution in [3.63, 3.8) is 0 Å². The summed E-state index contributed by atoms with van der Waals surface area (Å²) < 4.78 is 18.7. The maximum atomic E-state index is 13.7. The molecular weight excluding hydrogens is 249 g/mol. The second kappa shape index (κ2) is 6.26. The van der Waals surface area contributed by atoms with Gasteiger partial charge in [-0.2, -0.15) is 0 Å². The number of nitrogen functional groups attached to an aromatic ring is 1. The van der Waals surface area contributed by atoms with Gasteiger partial charge in [-0.3, -0.25) is 4.79 Å². The Morgan fingerprint density at radius 1 is 1.37 bits per heavy atom. The van der Waals surface area contributed by atoms with Gasteiger partial charge in [-0.15, -0.1) is 0 Å². The molecule has 0 aliphatic heterocycles. The Bertz CT molecular complexity index is 463. The molecule has 106 valence electrons. The molecule has 0 bridgehead atoms. The van der Waals surface area contributed by atoms with E-state index in [0.717, 1.165) is 6.07 Å². The van der Waals surface area contributed by atoms with E-state index in [-0.39, 0.29) is 23.3 Å². The van der Waals surface area contributed by atoms with Gasteiger partial charge in [0.15, 0.2) is 0 Å². The molecule has 0 radical (unpaired) electrons. The number of ether oxygens (including phenoxy) is 1. The van der Waals surface area contributed by atoms with Gasteiger partial charge in [0.25, 0.3) is 0 Å². The quantitative estimate of drug-likeness (QED) is 0.712. The topological polar surface area (TPSA) is 76.4 Å². The lowest BCUT2D eigenvalue weighted by Crippen LogP contribution is -2.41. The maximum absolute atomic E-state index is 13.7. The molecule has 5 nitrogen and oxygen atoms in total. The largest absolute Gasteiger partial charge is 0.495 e. The first-order chi connectivity index (χ1) is 8.85. The number of amides is 1. The van der Waals surface area contributed by atoms with E-state index in [1.54, 1.807) is 6.92 Å². The van der Waals surface area contributed by atoms with Crippen LogP contribution < -0.4 is 21.1 Å². The van der Waals surface area contributed by atoms with Crippen LogP contribution in [0.2, 0.25) is 0 Å². The van der Waals surface area contributed by atoms with Gasteiger partial charge >= 0.3 is 0 Å². The number of benzene rings is 1. The molecule has 1 atom stereocenters. The highest BCUT2D eigenvalue weighted by Crippen LogP contribution is 2.28. The first-order valence-electron chi connectivity index (χ1n) is 6.05. The minimum absolute atomic E-state index is 0.0301. The fourth-order valence-electron chi connectivity index (χ4n) is 1.56. The van der Waals surface area contributed by atoms with E-state index >= 15 is 0 Å². The number of halogens is 1. The molecule has 1 amide bonds. The van der Waals surface area contributed by atoms with Gasteiger partial charge in [0.05, 0.1) is 18.5 Å². The Kier molecular flexibility index (Phi) is 4.97. The lowest BCUT2D eigenvalue weighted by Gasteiger charge is -2.18. The number of nitrogens with two attached hydrogens (primary N) is 1. The van der Waals surface area contributed by atoms with Crippen LogP contribution in [0.1, 0.15) is 20.8 Å². The van der Waals surface area contributed by atoms with E-state index in [2.05, 4.69) is 10.6 Å². The predicted molar refractivity (Wildman–Crippen MR) is 73.7 cm³/mol. The molecule has 0 saturated heterocycles. The molecule has 0 aromatic heterocycles. The van der Waals surface area contributed by atoms with Crippen molar-refractivity contribution in [2.24, 2.45) is 0 Å². The summed E-state index contributed by atoms with van der Waals surface area (Å²) in [6, 6.07) is 2.06. The number of carbonyl (C=O) groups excluding carboxylic acids is 1. The molecule has 4 N–H and O–H groups in total. The van der Waals surface area contributed by atoms with E-state index in [4.69, 9.17) is 10.5 Å². The Labute approximate surface area is 112 Å². The zero-order chi connectivity index (χ0) is 14.6. The Morgan fingerprint density at radius 3 is 2.53 bits per heavy atom. The summed E-state index contributed by atoms with van der Waals surface area (Å²) in [5.74, 6) is -0.368. The predicted octanol–water partition coefficient (Wildman–Crippen LogP) is 1.74. The molecule has 1 unspecified atom stereocenters. The SMILES string of the molecule is COc1cc(NC(C)C(=O)NC(C)C)c(F)cc1N. The summed E-state index contributed by atoms with van der Waals surface area (Å²) in [5, 5.41) is 5.54. The Morgan fingerprint density at radius 2 is 2.00 bits per heavy atom. The first-order valence-corrected chi connectivity index (χ1v) is 6.05. The molecule has 0 aliphatic carbocycles. The third-order valence-corrected chi connectivity index (χ3v) is 2.52. The van der Waals surface area contributed by atoms with Crippen LogP contribution in [0.25, 0.3) is 0 Å². The number of nitrogens with one attached hydrogen (secondary N) is 2. The van der Waals surface area contributed by atoms with Crippen LogP contribution in [0, 0.1) is 5.82 Å². The fraction of sp³-hybridized carbons (Fsp3) is 0.462. The van der Waals surface area contributed by atoms with Crippen molar-refractivity contribution in [3.8, 4) is 5.75 Å². The molecule has 1 aromatic carbocycles. The van der Waals surface area contributed by atoms with Crippen molar-refractivity contribution >= 4 is 17.3 Å². The van der Waals surface area contributed by atoms with Gasteiger partial charge in [0, 0.05) is 18.2 Å². The zero-order valence-electron chi connectivity index (χ0n) is 11.6. The summed E-state index contributed by atoms with van der Waals surface area (Å²) in [6.45, 7) is 5.37. The average Bonchev–Trinajstić information content (AvgIpc) is 2.31. The highest BCUT2D eigenvalue weighted by molar-refractivity contribution is 5.84. The molecule has 0 saturated carbocycles. The fourth-order valence-corrected chi connectivity index (χ4v) is 1.56. The van der Waals surface area contributed by atoms with Crippen molar-refractivity contribution in [2.45, 2.75) is 32.9 Å². The number of anilines is 2. The van der Waals surface area contributed by atoms with Gasteiger partial charge in [-0.1, -0.05) is 0 Å². The highest BCUT2D eigenvalue weighted by Gasteiger charge is 2.16. The van der Waals surface area contributed by atoms with Gasteiger partial charge in [0.1, 0.15) is 17.6 Å². The van der Waals surface area contributed by atoms with Crippen LogP contribution in [-0.2, 0) is 4.79 Å². The van der Waals surface area contributed by atoms with Crippen LogP contribution in [-0.4, -0.2) is 25.1 Å². The minimum Gasteiger partial charge on any atom is -0.495 e. The maximum Gasteiger partial charge on any atom is 0.242 e. The number of carbonyl (C=O) groups is 1. The van der Waals surface area contributed by atoms with Crippen LogP contribution >= 0.6 is 0 Å². The summed E-state index contributed by atoms with van der Waals surface area (Å²) in [7, 11) is 1.45. The minimum atomic E-state index is -0.565. The Hall–Kier alpha value is -1.98. The average molecular weight is 269 g/mol. The van der Waals surface area contributed by atoms with Crippen LogP contribution in [0.5, 0.6) is 5.75 Å². The Balaban J connectivity index is 2.84. The normalized spacial score (nSPS) is 12.1. The lowest BCUT2D eigenvalue weighted by atomic mass is 10.2. The van der Waals surface area contributed by atoms with Gasteiger partial charge in [-0.05, 0) is 20.8 Å². The summed E-state index contributed by atoms with van der Waals surface area (Å²) in [5.41, 5.74) is 5.98. The second-order valence-corrected chi connectivity index (χ2v) is 4.60. The van der Waals surface area contributed by atoms with E-state index in [1.807, 2.05) is 13.8 Å². The number of hydrogen-bond donors (Lipinski definition) is 3. The monoisotopic (exact) mass is 269 g/mol. The number of methoxy groups -OCH3 is 1. The van der Waals surface area contributed by atoms with Crippen LogP contribution in [0.4, 0.5) is 15.8 Å². The molecule has 1 aromatic rings. The standard InChI is InChI=1S/C13H20FN3O2/c1-7(2)16-13(18)8(3)17-11-6-12(19-4)10(15)5-9(11)14/h5-8,17H,15H2,1-4H3,(H,16,18). The summed E-state index contributed by atoms with van der Waals surface area (Å²) >= 11 is 0. The van der Waals surface area contributed by atoms with Crippen molar-refractivity contribution in [3.05, 3.63) is 17.9 Å². The van der Waals surface area contributed by atoms with E-state index in [1.165, 1.54) is 13.2 Å². The van der Waals surface area contributed by atoms with Crippen molar-refractivity contribution in [1.82, 2.24) is 5.32 Å².